The first-order valence-corrected chi connectivity index (χ1v) is 4.62. The fourth-order valence-electron chi connectivity index (χ4n) is 1.71. The van der Waals surface area contributed by atoms with E-state index in [-0.39, 0.29) is 0 Å². The number of ether oxygens (including phenoxy) is 1. The minimum absolute atomic E-state index is 0.642. The summed E-state index contributed by atoms with van der Waals surface area (Å²) < 4.78 is 5.59. The fraction of sp³-hybridized carbons (Fsp3) is 0.0833. The van der Waals surface area contributed by atoms with E-state index >= 15 is 0 Å². The molecule has 0 radical (unpaired) electrons. The first-order chi connectivity index (χ1) is 6.95. The van der Waals surface area contributed by atoms with Gasteiger partial charge in [0.2, 0.25) is 0 Å². The summed E-state index contributed by atoms with van der Waals surface area (Å²) in [7, 11) is 0. The van der Waals surface area contributed by atoms with Gasteiger partial charge in [-0.2, -0.15) is 0 Å². The van der Waals surface area contributed by atoms with Crippen LogP contribution in [0.2, 0.25) is 0 Å². The molecule has 2 aromatic rings. The fourth-order valence-corrected chi connectivity index (χ4v) is 1.71. The molecule has 14 heavy (non-hydrogen) atoms. The molecule has 0 fully saturated rings. The van der Waals surface area contributed by atoms with Crippen LogP contribution < -0.4 is 4.74 Å². The number of pyridine rings is 1. The lowest BCUT2D eigenvalue weighted by Gasteiger charge is -2.13. The SMILES string of the molecule is C1=Cc2ncc3ccccc3c2OC1. The van der Waals surface area contributed by atoms with Crippen molar-refractivity contribution in [1.82, 2.24) is 4.98 Å². The van der Waals surface area contributed by atoms with E-state index in [0.717, 1.165) is 22.2 Å². The third-order valence-corrected chi connectivity index (χ3v) is 2.38. The first-order valence-electron chi connectivity index (χ1n) is 4.62. The predicted octanol–water partition coefficient (Wildman–Crippen LogP) is 2.64. The summed E-state index contributed by atoms with van der Waals surface area (Å²) in [4.78, 5) is 4.34. The van der Waals surface area contributed by atoms with Gasteiger partial charge in [0, 0.05) is 17.0 Å². The normalized spacial score (nSPS) is 13.7. The van der Waals surface area contributed by atoms with Crippen molar-refractivity contribution < 1.29 is 4.74 Å². The Morgan fingerprint density at radius 1 is 1.21 bits per heavy atom. The van der Waals surface area contributed by atoms with Crippen molar-refractivity contribution in [3.63, 3.8) is 0 Å². The largest absolute Gasteiger partial charge is 0.487 e. The van der Waals surface area contributed by atoms with Crippen LogP contribution in [-0.4, -0.2) is 11.6 Å². The maximum Gasteiger partial charge on any atom is 0.153 e. The zero-order valence-electron chi connectivity index (χ0n) is 7.60. The molecule has 0 bridgehead atoms. The molecule has 2 heterocycles. The topological polar surface area (TPSA) is 22.1 Å². The Kier molecular flexibility index (Phi) is 1.53. The van der Waals surface area contributed by atoms with Gasteiger partial charge in [0.05, 0.1) is 0 Å². The molecule has 0 amide bonds. The molecule has 0 spiro atoms. The summed E-state index contributed by atoms with van der Waals surface area (Å²) in [5.41, 5.74) is 0.926. The Bertz CT molecular complexity index is 517. The lowest BCUT2D eigenvalue weighted by molar-refractivity contribution is 0.361. The lowest BCUT2D eigenvalue weighted by Crippen LogP contribution is -2.02. The molecule has 0 N–H and O–H groups in total. The van der Waals surface area contributed by atoms with E-state index < -0.39 is 0 Å². The summed E-state index contributed by atoms with van der Waals surface area (Å²) in [5.74, 6) is 0.908. The zero-order chi connectivity index (χ0) is 9.38. The van der Waals surface area contributed by atoms with Crippen LogP contribution in [0.4, 0.5) is 0 Å². The van der Waals surface area contributed by atoms with E-state index in [1.54, 1.807) is 0 Å². The second kappa shape index (κ2) is 2.84. The first kappa shape index (κ1) is 7.56. The molecule has 1 aromatic heterocycles. The van der Waals surface area contributed by atoms with Gasteiger partial charge in [-0.1, -0.05) is 24.3 Å². The maximum absolute atomic E-state index is 5.59. The monoisotopic (exact) mass is 183 g/mol. The van der Waals surface area contributed by atoms with E-state index in [9.17, 15) is 0 Å². The second-order valence-electron chi connectivity index (χ2n) is 3.27. The minimum Gasteiger partial charge on any atom is -0.487 e. The van der Waals surface area contributed by atoms with E-state index in [1.165, 1.54) is 0 Å². The molecule has 1 aliphatic heterocycles. The smallest absolute Gasteiger partial charge is 0.153 e. The zero-order valence-corrected chi connectivity index (χ0v) is 7.60. The molecule has 0 aliphatic carbocycles. The summed E-state index contributed by atoms with van der Waals surface area (Å²) in [5, 5.41) is 2.27. The minimum atomic E-state index is 0.642. The van der Waals surface area contributed by atoms with Crippen LogP contribution in [0.3, 0.4) is 0 Å². The average molecular weight is 183 g/mol. The van der Waals surface area contributed by atoms with Crippen molar-refractivity contribution in [1.29, 1.82) is 0 Å². The summed E-state index contributed by atoms with van der Waals surface area (Å²) in [6, 6.07) is 8.14. The summed E-state index contributed by atoms with van der Waals surface area (Å²) in [6.07, 6.45) is 5.86. The van der Waals surface area contributed by atoms with Crippen LogP contribution in [0.5, 0.6) is 5.75 Å². The highest BCUT2D eigenvalue weighted by molar-refractivity contribution is 5.90. The van der Waals surface area contributed by atoms with Crippen molar-refractivity contribution in [3.05, 3.63) is 42.2 Å². The number of hydrogen-bond donors (Lipinski definition) is 0. The second-order valence-corrected chi connectivity index (χ2v) is 3.27. The average Bonchev–Trinajstić information content (AvgIpc) is 2.29. The molecule has 68 valence electrons. The molecule has 0 saturated heterocycles. The number of benzene rings is 1. The van der Waals surface area contributed by atoms with Crippen molar-refractivity contribution in [2.45, 2.75) is 0 Å². The molecule has 0 unspecified atom stereocenters. The molecule has 1 aromatic carbocycles. The van der Waals surface area contributed by atoms with Crippen molar-refractivity contribution >= 4 is 16.8 Å². The predicted molar refractivity (Wildman–Crippen MR) is 56.3 cm³/mol. The highest BCUT2D eigenvalue weighted by Gasteiger charge is 2.10. The number of hydrogen-bond acceptors (Lipinski definition) is 2. The lowest BCUT2D eigenvalue weighted by atomic mass is 10.1. The van der Waals surface area contributed by atoms with Crippen LogP contribution in [0.25, 0.3) is 16.8 Å². The van der Waals surface area contributed by atoms with Crippen LogP contribution in [-0.2, 0) is 0 Å². The third-order valence-electron chi connectivity index (χ3n) is 2.38. The maximum atomic E-state index is 5.59. The molecular formula is C12H9NO. The summed E-state index contributed by atoms with van der Waals surface area (Å²) >= 11 is 0. The van der Waals surface area contributed by atoms with Gasteiger partial charge in [-0.15, -0.1) is 0 Å². The Hall–Kier alpha value is -1.83. The molecule has 0 saturated carbocycles. The van der Waals surface area contributed by atoms with Crippen molar-refractivity contribution in [3.8, 4) is 5.75 Å². The molecular weight excluding hydrogens is 174 g/mol. The number of nitrogens with zero attached hydrogens (tertiary/aromatic N) is 1. The Morgan fingerprint density at radius 2 is 2.14 bits per heavy atom. The quantitative estimate of drug-likeness (QED) is 0.626. The van der Waals surface area contributed by atoms with Gasteiger partial charge in [-0.25, -0.2) is 0 Å². The summed E-state index contributed by atoms with van der Waals surface area (Å²) in [6.45, 7) is 0.642. The third kappa shape index (κ3) is 1.01. The van der Waals surface area contributed by atoms with E-state index in [1.807, 2.05) is 36.5 Å². The van der Waals surface area contributed by atoms with Gasteiger partial charge in [0.25, 0.3) is 0 Å². The van der Waals surface area contributed by atoms with Crippen LogP contribution >= 0.6 is 0 Å². The molecule has 2 heteroatoms. The van der Waals surface area contributed by atoms with Gasteiger partial charge in [0.1, 0.15) is 12.3 Å². The van der Waals surface area contributed by atoms with Gasteiger partial charge < -0.3 is 4.74 Å². The number of rotatable bonds is 0. The highest BCUT2D eigenvalue weighted by atomic mass is 16.5. The van der Waals surface area contributed by atoms with E-state index in [4.69, 9.17) is 4.74 Å². The van der Waals surface area contributed by atoms with E-state index in [2.05, 4.69) is 11.1 Å². The van der Waals surface area contributed by atoms with Crippen LogP contribution in [0.15, 0.2) is 36.5 Å². The Morgan fingerprint density at radius 3 is 3.14 bits per heavy atom. The Balaban J connectivity index is 2.41. The number of aromatic nitrogens is 1. The standard InChI is InChI=1S/C12H9NO/c1-2-5-10-9(4-1)8-13-11-6-3-7-14-12(10)11/h1-6,8H,7H2. The molecule has 3 rings (SSSR count). The van der Waals surface area contributed by atoms with Crippen molar-refractivity contribution in [2.24, 2.45) is 0 Å². The van der Waals surface area contributed by atoms with Gasteiger partial charge in [0.15, 0.2) is 5.75 Å². The van der Waals surface area contributed by atoms with Crippen LogP contribution in [0.1, 0.15) is 5.69 Å². The van der Waals surface area contributed by atoms with Gasteiger partial charge in [-0.3, -0.25) is 4.98 Å². The van der Waals surface area contributed by atoms with Gasteiger partial charge >= 0.3 is 0 Å². The molecule has 2 nitrogen and oxygen atoms in total. The number of fused-ring (bicyclic) bond motifs is 3. The molecule has 1 aliphatic rings. The molecule has 0 atom stereocenters. The Labute approximate surface area is 81.8 Å². The van der Waals surface area contributed by atoms with Gasteiger partial charge in [-0.05, 0) is 12.2 Å². The van der Waals surface area contributed by atoms with Crippen LogP contribution in [0, 0.1) is 0 Å². The highest BCUT2D eigenvalue weighted by Crippen LogP contribution is 2.30. The van der Waals surface area contributed by atoms with Crippen molar-refractivity contribution in [2.75, 3.05) is 6.61 Å². The van der Waals surface area contributed by atoms with E-state index in [0.29, 0.717) is 6.61 Å².